The second kappa shape index (κ2) is 2.15. The third-order valence-electron chi connectivity index (χ3n) is 2.25. The summed E-state index contributed by atoms with van der Waals surface area (Å²) in [4.78, 5) is 0. The van der Waals surface area contributed by atoms with Crippen LogP contribution in [-0.2, 0) is 9.47 Å². The number of fused-ring (bicyclic) bond motifs is 1. The van der Waals surface area contributed by atoms with Crippen molar-refractivity contribution in [1.29, 1.82) is 0 Å². The van der Waals surface area contributed by atoms with Gasteiger partial charge >= 0.3 is 0 Å². The quantitative estimate of drug-likeness (QED) is 0.375. The molecule has 0 radical (unpaired) electrons. The number of aliphatic hydroxyl groups excluding tert-OH is 2. The zero-order valence-corrected chi connectivity index (χ0v) is 5.93. The van der Waals surface area contributed by atoms with Crippen LogP contribution in [0.2, 0.25) is 0 Å². The van der Waals surface area contributed by atoms with Crippen LogP contribution in [0.4, 0.5) is 0 Å². The van der Waals surface area contributed by atoms with Crippen molar-refractivity contribution >= 4 is 0 Å². The van der Waals surface area contributed by atoms with Gasteiger partial charge in [-0.1, -0.05) is 0 Å². The maximum atomic E-state index is 9.29. The molecule has 2 aliphatic heterocycles. The largest absolute Gasteiger partial charge is 0.388 e. The molecule has 0 bridgehead atoms. The Morgan fingerprint density at radius 3 is 2.73 bits per heavy atom. The molecule has 64 valence electrons. The van der Waals surface area contributed by atoms with Crippen molar-refractivity contribution in [3.05, 3.63) is 0 Å². The van der Waals surface area contributed by atoms with Gasteiger partial charge in [-0.25, -0.2) is 0 Å². The van der Waals surface area contributed by atoms with Crippen LogP contribution in [0.25, 0.3) is 0 Å². The van der Waals surface area contributed by atoms with Gasteiger partial charge in [0.2, 0.25) is 0 Å². The van der Waals surface area contributed by atoms with E-state index in [0.717, 1.165) is 0 Å². The number of nitrogens with two attached hydrogens (primary N) is 1. The second-order valence-corrected chi connectivity index (χ2v) is 3.00. The minimum Gasteiger partial charge on any atom is -0.388 e. The summed E-state index contributed by atoms with van der Waals surface area (Å²) in [6.45, 7) is 0.274. The Bertz CT molecular complexity index is 176. The molecule has 4 N–H and O–H groups in total. The molecule has 4 unspecified atom stereocenters. The Hall–Kier alpha value is -0.200. The predicted molar refractivity (Wildman–Crippen MR) is 34.6 cm³/mol. The fourth-order valence-corrected chi connectivity index (χ4v) is 1.55. The lowest BCUT2D eigenvalue weighted by atomic mass is 10.0. The zero-order chi connectivity index (χ0) is 8.06. The van der Waals surface area contributed by atoms with Gasteiger partial charge in [-0.3, -0.25) is 5.73 Å². The molecular weight excluding hydrogens is 150 g/mol. The van der Waals surface area contributed by atoms with Gasteiger partial charge in [-0.15, -0.1) is 0 Å². The van der Waals surface area contributed by atoms with Crippen molar-refractivity contribution < 1.29 is 19.7 Å². The normalized spacial score (nSPS) is 56.5. The molecule has 4 atom stereocenters. The molecule has 2 aliphatic rings. The Morgan fingerprint density at radius 1 is 1.36 bits per heavy atom. The topological polar surface area (TPSA) is 84.9 Å². The monoisotopic (exact) mass is 161 g/mol. The van der Waals surface area contributed by atoms with Crippen LogP contribution < -0.4 is 5.73 Å². The molecule has 2 saturated heterocycles. The van der Waals surface area contributed by atoms with Crippen molar-refractivity contribution in [1.82, 2.24) is 0 Å². The molecule has 0 saturated carbocycles. The van der Waals surface area contributed by atoms with Crippen molar-refractivity contribution in [2.75, 3.05) is 13.2 Å². The minimum absolute atomic E-state index is 0.137. The van der Waals surface area contributed by atoms with Gasteiger partial charge in [-0.05, 0) is 0 Å². The van der Waals surface area contributed by atoms with E-state index in [1.54, 1.807) is 0 Å². The van der Waals surface area contributed by atoms with E-state index in [4.69, 9.17) is 15.2 Å². The Labute approximate surface area is 63.7 Å². The number of rotatable bonds is 0. The molecule has 2 rings (SSSR count). The van der Waals surface area contributed by atoms with Crippen LogP contribution >= 0.6 is 0 Å². The second-order valence-electron chi connectivity index (χ2n) is 3.00. The lowest BCUT2D eigenvalue weighted by Gasteiger charge is -2.24. The summed E-state index contributed by atoms with van der Waals surface area (Å²) in [5, 5.41) is 18.5. The van der Waals surface area contributed by atoms with Crippen molar-refractivity contribution in [3.63, 3.8) is 0 Å². The smallest absolute Gasteiger partial charge is 0.174 e. The number of hydrogen-bond acceptors (Lipinski definition) is 5. The van der Waals surface area contributed by atoms with E-state index in [9.17, 15) is 10.2 Å². The van der Waals surface area contributed by atoms with Gasteiger partial charge in [0.1, 0.15) is 18.3 Å². The fraction of sp³-hybridized carbons (Fsp3) is 1.00. The molecule has 11 heavy (non-hydrogen) atoms. The summed E-state index contributed by atoms with van der Waals surface area (Å²) in [7, 11) is 0. The molecule has 0 aromatic carbocycles. The van der Waals surface area contributed by atoms with Crippen LogP contribution in [0.15, 0.2) is 0 Å². The summed E-state index contributed by atoms with van der Waals surface area (Å²) in [6.07, 6.45) is -2.11. The first-order valence-electron chi connectivity index (χ1n) is 3.55. The molecule has 0 amide bonds. The number of hydrogen-bond donors (Lipinski definition) is 3. The highest BCUT2D eigenvalue weighted by Gasteiger charge is 2.57. The molecule has 0 aromatic heterocycles. The van der Waals surface area contributed by atoms with E-state index in [-0.39, 0.29) is 13.2 Å². The molecule has 0 spiro atoms. The van der Waals surface area contributed by atoms with E-state index in [0.29, 0.717) is 0 Å². The molecule has 5 nitrogen and oxygen atoms in total. The van der Waals surface area contributed by atoms with E-state index in [1.807, 2.05) is 0 Å². The first-order chi connectivity index (χ1) is 5.14. The number of aliphatic hydroxyl groups is 2. The highest BCUT2D eigenvalue weighted by Crippen LogP contribution is 2.33. The summed E-state index contributed by atoms with van der Waals surface area (Å²) in [5.41, 5.74) is 4.46. The van der Waals surface area contributed by atoms with E-state index in [1.165, 1.54) is 0 Å². The first-order valence-corrected chi connectivity index (χ1v) is 3.55. The lowest BCUT2D eigenvalue weighted by molar-refractivity contribution is -0.0715. The zero-order valence-electron chi connectivity index (χ0n) is 5.93. The molecule has 2 heterocycles. The lowest BCUT2D eigenvalue weighted by Crippen LogP contribution is -2.55. The SMILES string of the molecule is NC12OCC(O)C1OCC2O. The first kappa shape index (κ1) is 7.45. The Morgan fingerprint density at radius 2 is 2.09 bits per heavy atom. The van der Waals surface area contributed by atoms with Crippen LogP contribution in [0.1, 0.15) is 0 Å². The van der Waals surface area contributed by atoms with Crippen molar-refractivity contribution in [3.8, 4) is 0 Å². The maximum Gasteiger partial charge on any atom is 0.174 e. The van der Waals surface area contributed by atoms with Crippen molar-refractivity contribution in [2.24, 2.45) is 5.73 Å². The average Bonchev–Trinajstić information content (AvgIpc) is 2.39. The summed E-state index contributed by atoms with van der Waals surface area (Å²) in [5.74, 6) is 0. The van der Waals surface area contributed by atoms with Crippen LogP contribution in [-0.4, -0.2) is 47.5 Å². The van der Waals surface area contributed by atoms with Crippen LogP contribution in [0.5, 0.6) is 0 Å². The van der Waals surface area contributed by atoms with Gasteiger partial charge in [0.15, 0.2) is 5.72 Å². The van der Waals surface area contributed by atoms with E-state index >= 15 is 0 Å². The van der Waals surface area contributed by atoms with Gasteiger partial charge in [0.05, 0.1) is 13.2 Å². The summed E-state index contributed by atoms with van der Waals surface area (Å²) >= 11 is 0. The number of ether oxygens (including phenoxy) is 2. The standard InChI is InChI=1S/C6H11NO4/c7-6-4(9)2-10-5(6)3(8)1-11-6/h3-5,8-9H,1-2,7H2. The van der Waals surface area contributed by atoms with E-state index in [2.05, 4.69) is 0 Å². The average molecular weight is 161 g/mol. The van der Waals surface area contributed by atoms with Gasteiger partial charge in [-0.2, -0.15) is 0 Å². The van der Waals surface area contributed by atoms with E-state index < -0.39 is 24.0 Å². The van der Waals surface area contributed by atoms with Gasteiger partial charge in [0, 0.05) is 0 Å². The maximum absolute atomic E-state index is 9.29. The fourth-order valence-electron chi connectivity index (χ4n) is 1.55. The highest BCUT2D eigenvalue weighted by atomic mass is 16.6. The molecule has 2 fully saturated rings. The summed E-state index contributed by atoms with van der Waals surface area (Å²) < 4.78 is 10.1. The molecule has 0 aliphatic carbocycles. The van der Waals surface area contributed by atoms with Crippen LogP contribution in [0.3, 0.4) is 0 Å². The molecule has 5 heteroatoms. The Kier molecular flexibility index (Phi) is 1.45. The summed E-state index contributed by atoms with van der Waals surface area (Å²) in [6, 6.07) is 0. The molecule has 0 aromatic rings. The van der Waals surface area contributed by atoms with Crippen LogP contribution in [0, 0.1) is 0 Å². The predicted octanol–water partition coefficient (Wildman–Crippen LogP) is -2.21. The molecular formula is C6H11NO4. The third-order valence-corrected chi connectivity index (χ3v) is 2.25. The highest BCUT2D eigenvalue weighted by molar-refractivity contribution is 5.03. The minimum atomic E-state index is -1.18. The third kappa shape index (κ3) is 0.830. The Balaban J connectivity index is 2.23. The van der Waals surface area contributed by atoms with Gasteiger partial charge in [0.25, 0.3) is 0 Å². The van der Waals surface area contributed by atoms with Gasteiger partial charge < -0.3 is 19.7 Å². The van der Waals surface area contributed by atoms with Crippen molar-refractivity contribution in [2.45, 2.75) is 24.0 Å².